The van der Waals surface area contributed by atoms with Crippen LogP contribution in [0.2, 0.25) is 0 Å². The summed E-state index contributed by atoms with van der Waals surface area (Å²) in [5, 5.41) is 0. The molecule has 0 aliphatic carbocycles. The van der Waals surface area contributed by atoms with Crippen molar-refractivity contribution in [2.75, 3.05) is 5.73 Å². The van der Waals surface area contributed by atoms with Gasteiger partial charge in [-0.3, -0.25) is 0 Å². The highest BCUT2D eigenvalue weighted by atomic mass is 35.5. The molecule has 0 bridgehead atoms. The lowest BCUT2D eigenvalue weighted by atomic mass is 10.1. The Balaban J connectivity index is 0.000001000. The summed E-state index contributed by atoms with van der Waals surface area (Å²) in [6.45, 7) is 1.95. The largest absolute Gasteiger partial charge is 0.396 e. The maximum atomic E-state index is 12.6. The van der Waals surface area contributed by atoms with Crippen molar-refractivity contribution < 1.29 is 4.39 Å². The third kappa shape index (κ3) is 2.09. The maximum absolute atomic E-state index is 12.6. The number of benzene rings is 1. The molecular weight excluding hydrogens is 165 g/mol. The SMILES string of the molecule is CCc1cccc(F)c1N.Cl. The Morgan fingerprint density at radius 2 is 2.09 bits per heavy atom. The molecule has 0 radical (unpaired) electrons. The smallest absolute Gasteiger partial charge is 0.146 e. The Morgan fingerprint density at radius 1 is 1.45 bits per heavy atom. The van der Waals surface area contributed by atoms with Gasteiger partial charge < -0.3 is 5.73 Å². The van der Waals surface area contributed by atoms with Gasteiger partial charge in [-0.25, -0.2) is 4.39 Å². The third-order valence-electron chi connectivity index (χ3n) is 1.52. The Bertz CT molecular complexity index is 238. The van der Waals surface area contributed by atoms with Crippen LogP contribution in [-0.4, -0.2) is 0 Å². The van der Waals surface area contributed by atoms with Gasteiger partial charge in [-0.1, -0.05) is 19.1 Å². The molecule has 0 heterocycles. The highest BCUT2D eigenvalue weighted by molar-refractivity contribution is 5.85. The second-order valence-corrected chi connectivity index (χ2v) is 2.17. The molecule has 1 aromatic rings. The molecule has 0 aliphatic rings. The number of hydrogen-bond acceptors (Lipinski definition) is 1. The van der Waals surface area contributed by atoms with E-state index in [0.29, 0.717) is 0 Å². The molecule has 0 spiro atoms. The van der Waals surface area contributed by atoms with Crippen LogP contribution in [0.1, 0.15) is 12.5 Å². The predicted octanol–water partition coefficient (Wildman–Crippen LogP) is 2.39. The predicted molar refractivity (Wildman–Crippen MR) is 47.4 cm³/mol. The first-order valence-corrected chi connectivity index (χ1v) is 3.28. The van der Waals surface area contributed by atoms with Gasteiger partial charge in [-0.2, -0.15) is 0 Å². The number of rotatable bonds is 1. The Kier molecular flexibility index (Phi) is 3.90. The summed E-state index contributed by atoms with van der Waals surface area (Å²) in [6, 6.07) is 4.87. The van der Waals surface area contributed by atoms with Gasteiger partial charge in [-0.05, 0) is 18.1 Å². The molecule has 11 heavy (non-hydrogen) atoms. The van der Waals surface area contributed by atoms with Crippen molar-refractivity contribution in [3.63, 3.8) is 0 Å². The van der Waals surface area contributed by atoms with Crippen molar-refractivity contribution in [2.45, 2.75) is 13.3 Å². The van der Waals surface area contributed by atoms with Crippen LogP contribution in [0.25, 0.3) is 0 Å². The van der Waals surface area contributed by atoms with E-state index in [4.69, 9.17) is 5.73 Å². The van der Waals surface area contributed by atoms with Gasteiger partial charge in [0.15, 0.2) is 0 Å². The van der Waals surface area contributed by atoms with E-state index in [0.717, 1.165) is 12.0 Å². The lowest BCUT2D eigenvalue weighted by molar-refractivity contribution is 0.631. The molecule has 0 unspecified atom stereocenters. The minimum atomic E-state index is -0.320. The zero-order valence-electron chi connectivity index (χ0n) is 6.30. The highest BCUT2D eigenvalue weighted by Crippen LogP contribution is 2.15. The number of hydrogen-bond donors (Lipinski definition) is 1. The van der Waals surface area contributed by atoms with Gasteiger partial charge in [0.05, 0.1) is 5.69 Å². The Hall–Kier alpha value is -0.760. The fourth-order valence-electron chi connectivity index (χ4n) is 0.890. The lowest BCUT2D eigenvalue weighted by Gasteiger charge is -2.01. The third-order valence-corrected chi connectivity index (χ3v) is 1.52. The Labute approximate surface area is 71.8 Å². The molecule has 1 nitrogen and oxygen atoms in total. The molecule has 0 aliphatic heterocycles. The second-order valence-electron chi connectivity index (χ2n) is 2.17. The summed E-state index contributed by atoms with van der Waals surface area (Å²) < 4.78 is 12.6. The fourth-order valence-corrected chi connectivity index (χ4v) is 0.890. The average molecular weight is 176 g/mol. The van der Waals surface area contributed by atoms with Gasteiger partial charge in [-0.15, -0.1) is 12.4 Å². The van der Waals surface area contributed by atoms with E-state index in [-0.39, 0.29) is 23.9 Å². The summed E-state index contributed by atoms with van der Waals surface area (Å²) in [7, 11) is 0. The van der Waals surface area contributed by atoms with E-state index in [2.05, 4.69) is 0 Å². The monoisotopic (exact) mass is 175 g/mol. The topological polar surface area (TPSA) is 26.0 Å². The molecular formula is C8H11ClFN. The molecule has 0 fully saturated rings. The molecule has 0 amide bonds. The average Bonchev–Trinajstić information content (AvgIpc) is 1.95. The molecule has 0 saturated carbocycles. The van der Waals surface area contributed by atoms with Crippen LogP contribution >= 0.6 is 12.4 Å². The summed E-state index contributed by atoms with van der Waals surface area (Å²) >= 11 is 0. The van der Waals surface area contributed by atoms with Crippen molar-refractivity contribution in [3.05, 3.63) is 29.6 Å². The van der Waals surface area contributed by atoms with Crippen LogP contribution in [0, 0.1) is 5.82 Å². The van der Waals surface area contributed by atoms with Gasteiger partial charge in [0.1, 0.15) is 5.82 Å². The molecule has 1 rings (SSSR count). The van der Waals surface area contributed by atoms with Crippen molar-refractivity contribution in [1.82, 2.24) is 0 Å². The van der Waals surface area contributed by atoms with Crippen LogP contribution in [0.4, 0.5) is 10.1 Å². The number of anilines is 1. The van der Waals surface area contributed by atoms with Crippen LogP contribution in [-0.2, 0) is 6.42 Å². The van der Waals surface area contributed by atoms with Crippen LogP contribution < -0.4 is 5.73 Å². The van der Waals surface area contributed by atoms with E-state index in [1.165, 1.54) is 6.07 Å². The molecule has 0 aromatic heterocycles. The standard InChI is InChI=1S/C8H10FN.ClH/c1-2-6-4-3-5-7(9)8(6)10;/h3-5H,2,10H2,1H3;1H. The van der Waals surface area contributed by atoms with Crippen LogP contribution in [0.5, 0.6) is 0 Å². The van der Waals surface area contributed by atoms with E-state index in [9.17, 15) is 4.39 Å². The molecule has 0 saturated heterocycles. The van der Waals surface area contributed by atoms with Gasteiger partial charge in [0, 0.05) is 0 Å². The normalized spacial score (nSPS) is 8.91. The number of nitrogens with two attached hydrogens (primary N) is 1. The van der Waals surface area contributed by atoms with Crippen molar-refractivity contribution in [3.8, 4) is 0 Å². The van der Waals surface area contributed by atoms with Gasteiger partial charge in [0.25, 0.3) is 0 Å². The highest BCUT2D eigenvalue weighted by Gasteiger charge is 1.99. The van der Waals surface area contributed by atoms with E-state index >= 15 is 0 Å². The number of nitrogen functional groups attached to an aromatic ring is 1. The molecule has 1 aromatic carbocycles. The molecule has 2 N–H and O–H groups in total. The van der Waals surface area contributed by atoms with Crippen molar-refractivity contribution in [1.29, 1.82) is 0 Å². The number of halogens is 2. The van der Waals surface area contributed by atoms with E-state index in [1.807, 2.05) is 13.0 Å². The molecule has 62 valence electrons. The summed E-state index contributed by atoms with van der Waals surface area (Å²) in [5.74, 6) is -0.320. The zero-order valence-corrected chi connectivity index (χ0v) is 7.12. The zero-order chi connectivity index (χ0) is 7.56. The first-order chi connectivity index (χ1) is 4.75. The number of aryl methyl sites for hydroxylation is 1. The minimum Gasteiger partial charge on any atom is -0.396 e. The molecule has 0 atom stereocenters. The van der Waals surface area contributed by atoms with Crippen LogP contribution in [0.3, 0.4) is 0 Å². The van der Waals surface area contributed by atoms with Crippen molar-refractivity contribution in [2.24, 2.45) is 0 Å². The Morgan fingerprint density at radius 3 is 2.55 bits per heavy atom. The van der Waals surface area contributed by atoms with Gasteiger partial charge >= 0.3 is 0 Å². The first kappa shape index (κ1) is 10.2. The second kappa shape index (κ2) is 4.19. The minimum absolute atomic E-state index is 0. The lowest BCUT2D eigenvalue weighted by Crippen LogP contribution is -1.95. The summed E-state index contributed by atoms with van der Waals surface area (Å²) in [5.41, 5.74) is 6.58. The van der Waals surface area contributed by atoms with Crippen LogP contribution in [0.15, 0.2) is 18.2 Å². The maximum Gasteiger partial charge on any atom is 0.146 e. The fraction of sp³-hybridized carbons (Fsp3) is 0.250. The quantitative estimate of drug-likeness (QED) is 0.652. The van der Waals surface area contributed by atoms with E-state index in [1.54, 1.807) is 6.07 Å². The summed E-state index contributed by atoms with van der Waals surface area (Å²) in [6.07, 6.45) is 0.781. The summed E-state index contributed by atoms with van der Waals surface area (Å²) in [4.78, 5) is 0. The van der Waals surface area contributed by atoms with Crippen molar-refractivity contribution >= 4 is 18.1 Å². The number of para-hydroxylation sites is 1. The first-order valence-electron chi connectivity index (χ1n) is 3.28. The van der Waals surface area contributed by atoms with Gasteiger partial charge in [0.2, 0.25) is 0 Å². The van der Waals surface area contributed by atoms with E-state index < -0.39 is 0 Å². The molecule has 3 heteroatoms.